The number of carbonyl (C=O) groups excluding carboxylic acids is 1. The Kier molecular flexibility index (Phi) is 6.11. The zero-order chi connectivity index (χ0) is 21.1. The van der Waals surface area contributed by atoms with Gasteiger partial charge in [-0.3, -0.25) is 4.79 Å². The maximum atomic E-state index is 13.0. The summed E-state index contributed by atoms with van der Waals surface area (Å²) in [4.78, 5) is 13.2. The lowest BCUT2D eigenvalue weighted by molar-refractivity contribution is 0.0931. The van der Waals surface area contributed by atoms with Gasteiger partial charge in [-0.15, -0.1) is 0 Å². The van der Waals surface area contributed by atoms with Crippen LogP contribution in [0.3, 0.4) is 0 Å². The topological polar surface area (TPSA) is 75.7 Å². The van der Waals surface area contributed by atoms with Crippen molar-refractivity contribution in [2.75, 3.05) is 20.2 Å². The maximum Gasteiger partial charge on any atom is 0.251 e. The Morgan fingerprint density at radius 2 is 1.77 bits per heavy atom. The van der Waals surface area contributed by atoms with Crippen molar-refractivity contribution in [2.45, 2.75) is 43.0 Å². The Balaban J connectivity index is 1.53. The lowest BCUT2D eigenvalue weighted by Gasteiger charge is -2.26. The second-order valence-electron chi connectivity index (χ2n) is 8.05. The average Bonchev–Trinajstić information content (AvgIpc) is 3.63. The van der Waals surface area contributed by atoms with Gasteiger partial charge >= 0.3 is 0 Å². The third-order valence-corrected chi connectivity index (χ3v) is 7.80. The maximum absolute atomic E-state index is 13.0. The number of sulfonamides is 1. The van der Waals surface area contributed by atoms with E-state index in [0.29, 0.717) is 24.6 Å². The predicted octanol–water partition coefficient (Wildman–Crippen LogP) is 3.75. The molecule has 1 aliphatic heterocycles. The molecule has 1 heterocycles. The average molecular weight is 429 g/mol. The van der Waals surface area contributed by atoms with Crippen LogP contribution in [0.15, 0.2) is 53.4 Å². The van der Waals surface area contributed by atoms with E-state index >= 15 is 0 Å². The highest BCUT2D eigenvalue weighted by atomic mass is 32.2. The number of nitrogens with zero attached hydrogens (tertiary/aromatic N) is 1. The predicted molar refractivity (Wildman–Crippen MR) is 115 cm³/mol. The van der Waals surface area contributed by atoms with Crippen molar-refractivity contribution in [2.24, 2.45) is 5.92 Å². The first-order valence-electron chi connectivity index (χ1n) is 10.5. The van der Waals surface area contributed by atoms with Crippen LogP contribution in [0.5, 0.6) is 5.75 Å². The highest BCUT2D eigenvalue weighted by Crippen LogP contribution is 2.41. The van der Waals surface area contributed by atoms with Crippen molar-refractivity contribution in [3.8, 4) is 5.75 Å². The lowest BCUT2D eigenvalue weighted by Crippen LogP contribution is -2.35. The molecule has 1 unspecified atom stereocenters. The number of benzene rings is 2. The van der Waals surface area contributed by atoms with Crippen molar-refractivity contribution in [3.63, 3.8) is 0 Å². The minimum atomic E-state index is -3.57. The number of amides is 1. The van der Waals surface area contributed by atoms with Crippen LogP contribution in [-0.4, -0.2) is 38.8 Å². The molecule has 0 radical (unpaired) electrons. The molecule has 4 rings (SSSR count). The molecule has 30 heavy (non-hydrogen) atoms. The molecule has 1 aliphatic carbocycles. The van der Waals surface area contributed by atoms with Crippen molar-refractivity contribution in [1.29, 1.82) is 0 Å². The molecule has 1 amide bonds. The summed E-state index contributed by atoms with van der Waals surface area (Å²) in [6.07, 6.45) is 4.96. The Morgan fingerprint density at radius 1 is 1.07 bits per heavy atom. The van der Waals surface area contributed by atoms with Crippen LogP contribution in [0.4, 0.5) is 0 Å². The van der Waals surface area contributed by atoms with Crippen LogP contribution in [0.25, 0.3) is 0 Å². The van der Waals surface area contributed by atoms with E-state index in [4.69, 9.17) is 4.74 Å². The van der Waals surface area contributed by atoms with Gasteiger partial charge in [-0.05, 0) is 67.5 Å². The summed E-state index contributed by atoms with van der Waals surface area (Å²) in [5.74, 6) is 0.927. The molecule has 1 saturated heterocycles. The highest BCUT2D eigenvalue weighted by molar-refractivity contribution is 7.89. The fraction of sp³-hybridized carbons (Fsp3) is 0.435. The van der Waals surface area contributed by atoms with E-state index in [-0.39, 0.29) is 16.8 Å². The Bertz CT molecular complexity index is 994. The quantitative estimate of drug-likeness (QED) is 0.729. The molecule has 2 aromatic rings. The normalized spacial score (nSPS) is 18.6. The second kappa shape index (κ2) is 8.78. The van der Waals surface area contributed by atoms with E-state index in [0.717, 1.165) is 43.4 Å². The molecule has 160 valence electrons. The van der Waals surface area contributed by atoms with E-state index in [1.165, 1.54) is 10.4 Å². The largest absolute Gasteiger partial charge is 0.497 e. The summed E-state index contributed by atoms with van der Waals surface area (Å²) in [6.45, 7) is 1.08. The van der Waals surface area contributed by atoms with Gasteiger partial charge in [0.2, 0.25) is 10.0 Å². The highest BCUT2D eigenvalue weighted by Gasteiger charge is 2.34. The molecule has 1 N–H and O–H groups in total. The summed E-state index contributed by atoms with van der Waals surface area (Å²) in [5.41, 5.74) is 1.40. The Labute approximate surface area is 178 Å². The lowest BCUT2D eigenvalue weighted by atomic mass is 10.0. The minimum Gasteiger partial charge on any atom is -0.497 e. The smallest absolute Gasteiger partial charge is 0.251 e. The summed E-state index contributed by atoms with van der Waals surface area (Å²) >= 11 is 0. The van der Waals surface area contributed by atoms with E-state index in [2.05, 4.69) is 5.32 Å². The van der Waals surface area contributed by atoms with Crippen LogP contribution in [-0.2, 0) is 10.0 Å². The number of piperidine rings is 1. The number of nitrogens with one attached hydrogen (secondary N) is 1. The zero-order valence-electron chi connectivity index (χ0n) is 17.2. The third kappa shape index (κ3) is 4.52. The second-order valence-corrected chi connectivity index (χ2v) is 9.99. The zero-order valence-corrected chi connectivity index (χ0v) is 18.0. The SMILES string of the molecule is COc1ccc(C(NC(=O)c2cccc(S(=O)(=O)N3CCCCC3)c2)C2CC2)cc1. The van der Waals surface area contributed by atoms with Crippen molar-refractivity contribution in [1.82, 2.24) is 9.62 Å². The molecule has 7 heteroatoms. The van der Waals surface area contributed by atoms with Crippen LogP contribution >= 0.6 is 0 Å². The van der Waals surface area contributed by atoms with Crippen LogP contribution in [0.2, 0.25) is 0 Å². The fourth-order valence-electron chi connectivity index (χ4n) is 3.99. The van der Waals surface area contributed by atoms with Gasteiger partial charge in [0.1, 0.15) is 5.75 Å². The number of carbonyl (C=O) groups is 1. The molecule has 2 aliphatic rings. The summed E-state index contributed by atoms with van der Waals surface area (Å²) in [6, 6.07) is 14.0. The molecular formula is C23H28N2O4S. The third-order valence-electron chi connectivity index (χ3n) is 5.90. The van der Waals surface area contributed by atoms with Crippen molar-refractivity contribution in [3.05, 3.63) is 59.7 Å². The fourth-order valence-corrected chi connectivity index (χ4v) is 5.55. The van der Waals surface area contributed by atoms with E-state index in [1.807, 2.05) is 24.3 Å². The molecule has 1 atom stereocenters. The van der Waals surface area contributed by atoms with E-state index < -0.39 is 10.0 Å². The summed E-state index contributed by atoms with van der Waals surface area (Å²) < 4.78 is 32.7. The number of hydrogen-bond donors (Lipinski definition) is 1. The monoisotopic (exact) mass is 428 g/mol. The van der Waals surface area contributed by atoms with E-state index in [9.17, 15) is 13.2 Å². The number of hydrogen-bond acceptors (Lipinski definition) is 4. The van der Waals surface area contributed by atoms with Crippen molar-refractivity contribution < 1.29 is 17.9 Å². The molecule has 0 spiro atoms. The molecule has 1 saturated carbocycles. The van der Waals surface area contributed by atoms with Gasteiger partial charge in [0.05, 0.1) is 18.0 Å². The molecular weight excluding hydrogens is 400 g/mol. The van der Waals surface area contributed by atoms with Crippen LogP contribution in [0.1, 0.15) is 54.1 Å². The Hall–Kier alpha value is -2.38. The number of rotatable bonds is 7. The number of methoxy groups -OCH3 is 1. The summed E-state index contributed by atoms with van der Waals surface area (Å²) in [7, 11) is -1.95. The molecule has 0 aromatic heterocycles. The number of ether oxygens (including phenoxy) is 1. The first-order valence-corrected chi connectivity index (χ1v) is 12.0. The van der Waals surface area contributed by atoms with E-state index in [1.54, 1.807) is 25.3 Å². The first-order chi connectivity index (χ1) is 14.5. The van der Waals surface area contributed by atoms with Gasteiger partial charge in [-0.2, -0.15) is 4.31 Å². The van der Waals surface area contributed by atoms with Gasteiger partial charge in [0.15, 0.2) is 0 Å². The summed E-state index contributed by atoms with van der Waals surface area (Å²) in [5, 5.41) is 3.12. The van der Waals surface area contributed by atoms with Crippen LogP contribution < -0.4 is 10.1 Å². The first kappa shape index (κ1) is 20.9. The standard InChI is InChI=1S/C23H28N2O4S/c1-29-20-12-10-18(11-13-20)22(17-8-9-17)24-23(26)19-6-5-7-21(16-19)30(27,28)25-14-3-2-4-15-25/h5-7,10-13,16-17,22H,2-4,8-9,14-15H2,1H3,(H,24,26). The van der Waals surface area contributed by atoms with Crippen LogP contribution in [0, 0.1) is 5.92 Å². The van der Waals surface area contributed by atoms with Gasteiger partial charge in [0.25, 0.3) is 5.91 Å². The molecule has 0 bridgehead atoms. The van der Waals surface area contributed by atoms with Crippen molar-refractivity contribution >= 4 is 15.9 Å². The minimum absolute atomic E-state index is 0.0919. The molecule has 2 aromatic carbocycles. The van der Waals surface area contributed by atoms with Gasteiger partial charge < -0.3 is 10.1 Å². The van der Waals surface area contributed by atoms with Gasteiger partial charge in [-0.1, -0.05) is 24.6 Å². The molecule has 6 nitrogen and oxygen atoms in total. The van der Waals surface area contributed by atoms with Gasteiger partial charge in [-0.25, -0.2) is 8.42 Å². The molecule has 2 fully saturated rings. The Morgan fingerprint density at radius 3 is 2.40 bits per heavy atom. The van der Waals surface area contributed by atoms with Gasteiger partial charge in [0, 0.05) is 18.7 Å².